The number of aryl methyl sites for hydroxylation is 2. The molecule has 0 unspecified atom stereocenters. The second kappa shape index (κ2) is 12.2. The van der Waals surface area contributed by atoms with Crippen molar-refractivity contribution in [3.05, 3.63) is 122 Å². The van der Waals surface area contributed by atoms with Crippen LogP contribution in [0.2, 0.25) is 0 Å². The third-order valence-electron chi connectivity index (χ3n) is 6.76. The molecule has 4 aromatic rings. The van der Waals surface area contributed by atoms with Crippen LogP contribution in [0.15, 0.2) is 83.3 Å². The number of pyridine rings is 1. The lowest BCUT2D eigenvalue weighted by atomic mass is 9.97. The number of hydrogen-bond donors (Lipinski definition) is 1. The smallest absolute Gasteiger partial charge is 0.417 e. The summed E-state index contributed by atoms with van der Waals surface area (Å²) in [6, 6.07) is 21.8. The van der Waals surface area contributed by atoms with Crippen LogP contribution >= 0.6 is 0 Å². The number of halogens is 3. The number of carbonyl (C=O) groups excluding carboxylic acids is 1. The van der Waals surface area contributed by atoms with Gasteiger partial charge in [0.2, 0.25) is 0 Å². The van der Waals surface area contributed by atoms with Gasteiger partial charge in [-0.15, -0.1) is 0 Å². The van der Waals surface area contributed by atoms with Crippen LogP contribution in [0.3, 0.4) is 0 Å². The topological polar surface area (TPSA) is 98.1 Å². The molecule has 42 heavy (non-hydrogen) atoms. The fraction of sp³-hybridized carbons (Fsp3) is 0.182. The van der Waals surface area contributed by atoms with Gasteiger partial charge in [-0.3, -0.25) is 4.79 Å². The van der Waals surface area contributed by atoms with Gasteiger partial charge in [0.1, 0.15) is 17.3 Å². The number of alkyl halides is 3. The average Bonchev–Trinajstić information content (AvgIpc) is 2.94. The Hall–Kier alpha value is -5.10. The van der Waals surface area contributed by atoms with Crippen LogP contribution in [0.4, 0.5) is 13.2 Å². The van der Waals surface area contributed by atoms with Crippen molar-refractivity contribution in [1.82, 2.24) is 4.57 Å². The van der Waals surface area contributed by atoms with Crippen LogP contribution in [-0.2, 0) is 22.3 Å². The normalized spacial score (nSPS) is 11.7. The Bertz CT molecular complexity index is 1800. The highest BCUT2D eigenvalue weighted by molar-refractivity contribution is 5.92. The molecule has 0 bridgehead atoms. The molecule has 0 aliphatic heterocycles. The minimum atomic E-state index is -4.91. The summed E-state index contributed by atoms with van der Waals surface area (Å²) in [7, 11) is 0. The summed E-state index contributed by atoms with van der Waals surface area (Å²) >= 11 is 0. The van der Waals surface area contributed by atoms with E-state index in [-0.39, 0.29) is 24.5 Å². The number of nitriles is 1. The number of nitrogens with zero attached hydrogens (tertiary/aromatic N) is 2. The van der Waals surface area contributed by atoms with Crippen LogP contribution in [0.25, 0.3) is 28.5 Å². The van der Waals surface area contributed by atoms with Crippen molar-refractivity contribution in [3.8, 4) is 28.5 Å². The number of esters is 1. The van der Waals surface area contributed by atoms with Crippen LogP contribution in [0.5, 0.6) is 0 Å². The van der Waals surface area contributed by atoms with Gasteiger partial charge in [0, 0.05) is 0 Å². The zero-order valence-electron chi connectivity index (χ0n) is 23.3. The van der Waals surface area contributed by atoms with Crippen molar-refractivity contribution in [1.29, 1.82) is 5.26 Å². The SMILES string of the molecule is CCOC(=O)/C(N)=C/c1cccc(-c2cccc(-c3cc(C(F)(F)F)c(C#N)c(=O)n3Cc3ccc(C)cc3C)c2)c1. The molecule has 6 nitrogen and oxygen atoms in total. The van der Waals surface area contributed by atoms with E-state index >= 15 is 0 Å². The first-order chi connectivity index (χ1) is 19.9. The zero-order valence-corrected chi connectivity index (χ0v) is 23.3. The van der Waals surface area contributed by atoms with Gasteiger partial charge >= 0.3 is 12.1 Å². The van der Waals surface area contributed by atoms with Crippen LogP contribution < -0.4 is 11.3 Å². The molecule has 0 saturated carbocycles. The molecule has 3 aromatic carbocycles. The van der Waals surface area contributed by atoms with Crippen molar-refractivity contribution >= 4 is 12.0 Å². The summed E-state index contributed by atoms with van der Waals surface area (Å²) in [4.78, 5) is 25.4. The van der Waals surface area contributed by atoms with Gasteiger partial charge in [-0.05, 0) is 78.4 Å². The first kappa shape index (κ1) is 29.9. The maximum Gasteiger partial charge on any atom is 0.417 e. The standard InChI is InChI=1S/C33H28F3N3O3/c1-4-42-32(41)29(38)15-22-7-5-8-23(14-22)24-9-6-10-25(16-24)30-17-28(33(34,35)36)27(18-37)31(40)39(30)19-26-12-11-20(2)13-21(26)3/h5-17H,4,19,38H2,1-3H3/b29-15-. The molecule has 0 aliphatic carbocycles. The summed E-state index contributed by atoms with van der Waals surface area (Å²) in [6.45, 7) is 5.61. The first-order valence-electron chi connectivity index (χ1n) is 13.1. The van der Waals surface area contributed by atoms with Gasteiger partial charge in [0.25, 0.3) is 5.56 Å². The van der Waals surface area contributed by atoms with Gasteiger partial charge < -0.3 is 15.0 Å². The summed E-state index contributed by atoms with van der Waals surface area (Å²) < 4.78 is 48.2. The van der Waals surface area contributed by atoms with Gasteiger partial charge in [0.15, 0.2) is 0 Å². The fourth-order valence-corrected chi connectivity index (χ4v) is 4.69. The second-order valence-corrected chi connectivity index (χ2v) is 9.78. The number of hydrogen-bond acceptors (Lipinski definition) is 5. The van der Waals surface area contributed by atoms with Gasteiger partial charge in [-0.25, -0.2) is 4.79 Å². The highest BCUT2D eigenvalue weighted by Gasteiger charge is 2.36. The Kier molecular flexibility index (Phi) is 8.67. The minimum absolute atomic E-state index is 0.0231. The van der Waals surface area contributed by atoms with Gasteiger partial charge in [-0.2, -0.15) is 18.4 Å². The van der Waals surface area contributed by atoms with E-state index in [2.05, 4.69) is 0 Å². The Balaban J connectivity index is 1.88. The Morgan fingerprint density at radius 1 is 1.00 bits per heavy atom. The van der Waals surface area contributed by atoms with Crippen molar-refractivity contribution in [2.75, 3.05) is 6.61 Å². The van der Waals surface area contributed by atoms with Crippen molar-refractivity contribution < 1.29 is 22.7 Å². The number of benzene rings is 3. The Morgan fingerprint density at radius 3 is 2.31 bits per heavy atom. The quantitative estimate of drug-likeness (QED) is 0.199. The fourth-order valence-electron chi connectivity index (χ4n) is 4.69. The monoisotopic (exact) mass is 571 g/mol. The zero-order chi connectivity index (χ0) is 30.6. The van der Waals surface area contributed by atoms with Crippen LogP contribution in [-0.4, -0.2) is 17.1 Å². The largest absolute Gasteiger partial charge is 0.461 e. The van der Waals surface area contributed by atoms with E-state index in [1.165, 1.54) is 16.7 Å². The molecule has 0 aliphatic rings. The molecule has 1 aromatic heterocycles. The third-order valence-corrected chi connectivity index (χ3v) is 6.76. The van der Waals surface area contributed by atoms with E-state index in [9.17, 15) is 28.0 Å². The lowest BCUT2D eigenvalue weighted by Crippen LogP contribution is -2.29. The number of rotatable bonds is 7. The lowest BCUT2D eigenvalue weighted by Gasteiger charge is -2.19. The molecule has 0 atom stereocenters. The van der Waals surface area contributed by atoms with E-state index in [1.54, 1.807) is 55.5 Å². The summed E-state index contributed by atoms with van der Waals surface area (Å²) in [6.07, 6.45) is -3.43. The van der Waals surface area contributed by atoms with Crippen LogP contribution in [0.1, 0.15) is 40.3 Å². The van der Waals surface area contributed by atoms with Gasteiger partial charge in [0.05, 0.1) is 24.4 Å². The maximum absolute atomic E-state index is 14.0. The third kappa shape index (κ3) is 6.44. The molecular weight excluding hydrogens is 543 g/mol. The average molecular weight is 572 g/mol. The predicted octanol–water partition coefficient (Wildman–Crippen LogP) is 6.60. The molecule has 0 radical (unpaired) electrons. The highest BCUT2D eigenvalue weighted by atomic mass is 19.4. The predicted molar refractivity (Wildman–Crippen MR) is 155 cm³/mol. The molecule has 4 rings (SSSR count). The number of nitrogens with two attached hydrogens (primary N) is 1. The van der Waals surface area contributed by atoms with E-state index in [4.69, 9.17) is 10.5 Å². The van der Waals surface area contributed by atoms with E-state index in [0.717, 1.165) is 22.8 Å². The van der Waals surface area contributed by atoms with Gasteiger partial charge in [-0.1, -0.05) is 60.2 Å². The maximum atomic E-state index is 14.0. The molecule has 2 N–H and O–H groups in total. The minimum Gasteiger partial charge on any atom is -0.461 e. The lowest BCUT2D eigenvalue weighted by molar-refractivity contribution is -0.139. The van der Waals surface area contributed by atoms with Crippen molar-refractivity contribution in [3.63, 3.8) is 0 Å². The molecule has 214 valence electrons. The number of aromatic nitrogens is 1. The molecule has 0 fully saturated rings. The molecule has 9 heteroatoms. The Labute approximate surface area is 241 Å². The van der Waals surface area contributed by atoms with E-state index < -0.39 is 28.8 Å². The number of carbonyl (C=O) groups is 1. The highest BCUT2D eigenvalue weighted by Crippen LogP contribution is 2.35. The Morgan fingerprint density at radius 2 is 1.67 bits per heavy atom. The molecule has 0 saturated heterocycles. The molecule has 1 heterocycles. The molecule has 0 amide bonds. The summed E-state index contributed by atoms with van der Waals surface area (Å²) in [5.41, 5.74) is 7.49. The number of ether oxygens (including phenoxy) is 1. The summed E-state index contributed by atoms with van der Waals surface area (Å²) in [5, 5.41) is 9.55. The van der Waals surface area contributed by atoms with E-state index in [0.29, 0.717) is 22.3 Å². The first-order valence-corrected chi connectivity index (χ1v) is 13.1. The van der Waals surface area contributed by atoms with Crippen LogP contribution in [0, 0.1) is 25.2 Å². The van der Waals surface area contributed by atoms with E-state index in [1.807, 2.05) is 32.0 Å². The second-order valence-electron chi connectivity index (χ2n) is 9.78. The molecule has 0 spiro atoms. The van der Waals surface area contributed by atoms with Crippen molar-refractivity contribution in [2.45, 2.75) is 33.5 Å². The molecular formula is C33H28F3N3O3. The van der Waals surface area contributed by atoms with Crippen molar-refractivity contribution in [2.24, 2.45) is 5.73 Å². The summed E-state index contributed by atoms with van der Waals surface area (Å²) in [5.74, 6) is -0.645.